The number of rotatable bonds is 3. The highest BCUT2D eigenvalue weighted by atomic mass is 16.3. The lowest BCUT2D eigenvalue weighted by molar-refractivity contribution is 0.601. The highest BCUT2D eigenvalue weighted by Crippen LogP contribution is 2.22. The van der Waals surface area contributed by atoms with Crippen molar-refractivity contribution in [1.82, 2.24) is 0 Å². The topological polar surface area (TPSA) is 13.1 Å². The van der Waals surface area contributed by atoms with Crippen molar-refractivity contribution in [2.75, 3.05) is 0 Å². The van der Waals surface area contributed by atoms with Gasteiger partial charge in [0, 0.05) is 17.4 Å². The number of hydrogen-bond donors (Lipinski definition) is 0. The SMILES string of the molecule is CCc1ccc(Cc2[c]oc3ccccc23)cc1. The van der Waals surface area contributed by atoms with Crippen molar-refractivity contribution in [3.05, 3.63) is 71.5 Å². The predicted molar refractivity (Wildman–Crippen MR) is 73.7 cm³/mol. The molecule has 0 aliphatic rings. The van der Waals surface area contributed by atoms with E-state index in [1.165, 1.54) is 11.1 Å². The van der Waals surface area contributed by atoms with Crippen molar-refractivity contribution in [3.63, 3.8) is 0 Å². The summed E-state index contributed by atoms with van der Waals surface area (Å²) in [6.45, 7) is 2.17. The van der Waals surface area contributed by atoms with E-state index >= 15 is 0 Å². The molecule has 1 aromatic heterocycles. The van der Waals surface area contributed by atoms with Gasteiger partial charge < -0.3 is 4.42 Å². The van der Waals surface area contributed by atoms with E-state index in [1.807, 2.05) is 18.2 Å². The summed E-state index contributed by atoms with van der Waals surface area (Å²) in [6, 6.07) is 16.9. The molecule has 1 heteroatoms. The Morgan fingerprint density at radius 1 is 0.944 bits per heavy atom. The van der Waals surface area contributed by atoms with E-state index in [0.29, 0.717) is 0 Å². The minimum absolute atomic E-state index is 0.876. The van der Waals surface area contributed by atoms with E-state index in [9.17, 15) is 0 Å². The molecular formula is C17H15O. The van der Waals surface area contributed by atoms with Gasteiger partial charge in [-0.15, -0.1) is 0 Å². The largest absolute Gasteiger partial charge is 0.452 e. The van der Waals surface area contributed by atoms with Crippen LogP contribution in [0.1, 0.15) is 23.6 Å². The molecule has 0 fully saturated rings. The zero-order chi connectivity index (χ0) is 12.4. The zero-order valence-corrected chi connectivity index (χ0v) is 10.4. The maximum Gasteiger partial charge on any atom is 0.174 e. The molecule has 89 valence electrons. The standard InChI is InChI=1S/C17H15O/c1-2-13-7-9-14(10-8-13)11-15-12-18-17-6-4-3-5-16(15)17/h3-10H,2,11H2,1H3. The van der Waals surface area contributed by atoms with E-state index in [0.717, 1.165) is 29.4 Å². The average molecular weight is 235 g/mol. The highest BCUT2D eigenvalue weighted by Gasteiger charge is 2.06. The summed E-state index contributed by atoms with van der Waals surface area (Å²) in [5.74, 6) is 0. The lowest BCUT2D eigenvalue weighted by atomic mass is 10.0. The first-order valence-corrected chi connectivity index (χ1v) is 6.32. The van der Waals surface area contributed by atoms with Gasteiger partial charge >= 0.3 is 0 Å². The minimum atomic E-state index is 0.876. The van der Waals surface area contributed by atoms with Gasteiger partial charge in [-0.25, -0.2) is 0 Å². The van der Waals surface area contributed by atoms with Gasteiger partial charge in [0.2, 0.25) is 0 Å². The van der Waals surface area contributed by atoms with Gasteiger partial charge in [-0.05, 0) is 23.6 Å². The second-order valence-electron chi connectivity index (χ2n) is 4.53. The lowest BCUT2D eigenvalue weighted by Crippen LogP contribution is -1.88. The molecule has 0 aliphatic carbocycles. The van der Waals surface area contributed by atoms with Crippen LogP contribution in [0.4, 0.5) is 0 Å². The molecule has 0 unspecified atom stereocenters. The summed E-state index contributed by atoms with van der Waals surface area (Å²) in [5.41, 5.74) is 4.72. The van der Waals surface area contributed by atoms with Crippen molar-refractivity contribution >= 4 is 11.0 Å². The zero-order valence-electron chi connectivity index (χ0n) is 10.4. The smallest absolute Gasteiger partial charge is 0.174 e. The first-order chi connectivity index (χ1) is 8.86. The lowest BCUT2D eigenvalue weighted by Gasteiger charge is -2.01. The maximum absolute atomic E-state index is 5.44. The van der Waals surface area contributed by atoms with Crippen LogP contribution in [-0.2, 0) is 12.8 Å². The van der Waals surface area contributed by atoms with Gasteiger partial charge in [-0.1, -0.05) is 49.4 Å². The maximum atomic E-state index is 5.44. The molecule has 2 aromatic carbocycles. The second-order valence-corrected chi connectivity index (χ2v) is 4.53. The molecule has 0 amide bonds. The first kappa shape index (κ1) is 11.1. The van der Waals surface area contributed by atoms with Crippen LogP contribution in [0.5, 0.6) is 0 Å². The minimum Gasteiger partial charge on any atom is -0.452 e. The molecule has 0 atom stereocenters. The molecule has 0 spiro atoms. The Bertz CT molecular complexity index is 647. The molecule has 1 nitrogen and oxygen atoms in total. The molecule has 0 bridgehead atoms. The quantitative estimate of drug-likeness (QED) is 0.656. The van der Waals surface area contributed by atoms with Crippen LogP contribution in [-0.4, -0.2) is 0 Å². The van der Waals surface area contributed by atoms with E-state index in [-0.39, 0.29) is 0 Å². The summed E-state index contributed by atoms with van der Waals surface area (Å²) in [6.07, 6.45) is 4.98. The van der Waals surface area contributed by atoms with E-state index in [4.69, 9.17) is 4.42 Å². The van der Waals surface area contributed by atoms with E-state index in [2.05, 4.69) is 43.5 Å². The molecule has 0 saturated carbocycles. The van der Waals surface area contributed by atoms with Gasteiger partial charge in [0.25, 0.3) is 0 Å². The van der Waals surface area contributed by atoms with Crippen LogP contribution >= 0.6 is 0 Å². The van der Waals surface area contributed by atoms with Crippen LogP contribution in [0.15, 0.2) is 52.9 Å². The van der Waals surface area contributed by atoms with Crippen molar-refractivity contribution in [3.8, 4) is 0 Å². The monoisotopic (exact) mass is 235 g/mol. The van der Waals surface area contributed by atoms with Crippen molar-refractivity contribution < 1.29 is 4.42 Å². The molecule has 0 saturated heterocycles. The van der Waals surface area contributed by atoms with Crippen LogP contribution in [0, 0.1) is 6.26 Å². The fraction of sp³-hybridized carbons (Fsp3) is 0.176. The molecular weight excluding hydrogens is 220 g/mol. The fourth-order valence-electron chi connectivity index (χ4n) is 2.20. The number of hydrogen-bond acceptors (Lipinski definition) is 1. The Hall–Kier alpha value is -2.02. The Morgan fingerprint density at radius 3 is 2.44 bits per heavy atom. The van der Waals surface area contributed by atoms with Gasteiger partial charge in [0.15, 0.2) is 6.26 Å². The molecule has 0 aliphatic heterocycles. The van der Waals surface area contributed by atoms with Gasteiger partial charge in [-0.3, -0.25) is 0 Å². The Kier molecular flexibility index (Phi) is 2.89. The Labute approximate surface area is 107 Å². The summed E-state index contributed by atoms with van der Waals surface area (Å²) < 4.78 is 5.44. The summed E-state index contributed by atoms with van der Waals surface area (Å²) in [5, 5.41) is 1.16. The summed E-state index contributed by atoms with van der Waals surface area (Å²) in [4.78, 5) is 0. The Balaban J connectivity index is 1.91. The van der Waals surface area contributed by atoms with Crippen LogP contribution in [0.2, 0.25) is 0 Å². The molecule has 18 heavy (non-hydrogen) atoms. The van der Waals surface area contributed by atoms with E-state index in [1.54, 1.807) is 0 Å². The molecule has 1 heterocycles. The second kappa shape index (κ2) is 4.69. The van der Waals surface area contributed by atoms with Gasteiger partial charge in [0.05, 0.1) is 0 Å². The third-order valence-corrected chi connectivity index (χ3v) is 3.31. The number of fused-ring (bicyclic) bond motifs is 1. The van der Waals surface area contributed by atoms with Gasteiger partial charge in [-0.2, -0.15) is 0 Å². The third-order valence-electron chi connectivity index (χ3n) is 3.31. The normalized spacial score (nSPS) is 10.9. The number of benzene rings is 2. The van der Waals surface area contributed by atoms with Crippen LogP contribution in [0.3, 0.4) is 0 Å². The number of furan rings is 1. The molecule has 3 aromatic rings. The Morgan fingerprint density at radius 2 is 1.67 bits per heavy atom. The van der Waals surface area contributed by atoms with Crippen LogP contribution in [0.25, 0.3) is 11.0 Å². The average Bonchev–Trinajstić information content (AvgIpc) is 2.83. The van der Waals surface area contributed by atoms with E-state index < -0.39 is 0 Å². The van der Waals surface area contributed by atoms with Crippen LogP contribution < -0.4 is 0 Å². The predicted octanol–water partition coefficient (Wildman–Crippen LogP) is 4.39. The first-order valence-electron chi connectivity index (χ1n) is 6.32. The fourth-order valence-corrected chi connectivity index (χ4v) is 2.20. The van der Waals surface area contributed by atoms with Crippen molar-refractivity contribution in [2.24, 2.45) is 0 Å². The van der Waals surface area contributed by atoms with Crippen molar-refractivity contribution in [1.29, 1.82) is 0 Å². The molecule has 3 rings (SSSR count). The highest BCUT2D eigenvalue weighted by molar-refractivity contribution is 5.80. The third kappa shape index (κ3) is 2.04. The molecule has 1 radical (unpaired) electrons. The summed E-state index contributed by atoms with van der Waals surface area (Å²) >= 11 is 0. The molecule has 0 N–H and O–H groups in total. The van der Waals surface area contributed by atoms with Gasteiger partial charge in [0.1, 0.15) is 5.58 Å². The number of aryl methyl sites for hydroxylation is 1. The van der Waals surface area contributed by atoms with Crippen molar-refractivity contribution in [2.45, 2.75) is 19.8 Å². The number of para-hydroxylation sites is 1. The summed E-state index contributed by atoms with van der Waals surface area (Å²) in [7, 11) is 0.